The number of hydrogen-bond acceptors (Lipinski definition) is 3. The van der Waals surface area contributed by atoms with E-state index in [0.717, 1.165) is 24.3 Å². The molecule has 0 radical (unpaired) electrons. The zero-order valence-electron chi connectivity index (χ0n) is 12.6. The van der Waals surface area contributed by atoms with Crippen LogP contribution in [0.4, 0.5) is 13.2 Å². The molecule has 0 heterocycles. The zero-order valence-corrected chi connectivity index (χ0v) is 12.6. The SMILES string of the molecule is C=CCNC(=O)CCC(=O)NNC(=O)c1ccc(C(F)(F)F)cc1. The molecular weight excluding hydrogens is 327 g/mol. The van der Waals surface area contributed by atoms with Gasteiger partial charge in [0, 0.05) is 24.9 Å². The summed E-state index contributed by atoms with van der Waals surface area (Å²) in [6, 6.07) is 3.52. The van der Waals surface area contributed by atoms with Gasteiger partial charge in [-0.25, -0.2) is 0 Å². The summed E-state index contributed by atoms with van der Waals surface area (Å²) in [7, 11) is 0. The molecule has 9 heteroatoms. The number of carbonyl (C=O) groups excluding carboxylic acids is 3. The van der Waals surface area contributed by atoms with Crippen LogP contribution >= 0.6 is 0 Å². The molecule has 1 aromatic carbocycles. The lowest BCUT2D eigenvalue weighted by Gasteiger charge is -2.09. The van der Waals surface area contributed by atoms with Crippen molar-refractivity contribution in [2.24, 2.45) is 0 Å². The number of hydrazine groups is 1. The van der Waals surface area contributed by atoms with E-state index in [9.17, 15) is 27.6 Å². The van der Waals surface area contributed by atoms with Crippen LogP contribution in [0.5, 0.6) is 0 Å². The molecule has 0 aliphatic heterocycles. The molecule has 0 atom stereocenters. The lowest BCUT2D eigenvalue weighted by molar-refractivity contribution is -0.137. The minimum Gasteiger partial charge on any atom is -0.353 e. The van der Waals surface area contributed by atoms with Crippen molar-refractivity contribution in [1.29, 1.82) is 0 Å². The molecule has 0 aliphatic rings. The van der Waals surface area contributed by atoms with Crippen molar-refractivity contribution >= 4 is 17.7 Å². The van der Waals surface area contributed by atoms with Crippen molar-refractivity contribution in [3.05, 3.63) is 48.0 Å². The van der Waals surface area contributed by atoms with Crippen molar-refractivity contribution in [1.82, 2.24) is 16.2 Å². The Morgan fingerprint density at radius 3 is 2.12 bits per heavy atom. The summed E-state index contributed by atoms with van der Waals surface area (Å²) < 4.78 is 37.2. The molecule has 0 spiro atoms. The zero-order chi connectivity index (χ0) is 18.2. The molecule has 130 valence electrons. The standard InChI is InChI=1S/C15H16F3N3O3/c1-2-9-19-12(22)7-8-13(23)20-21-14(24)10-3-5-11(6-4-10)15(16,17)18/h2-6H,1,7-9H2,(H,19,22)(H,20,23)(H,21,24). The lowest BCUT2D eigenvalue weighted by Crippen LogP contribution is -2.42. The average Bonchev–Trinajstić information content (AvgIpc) is 2.55. The first-order chi connectivity index (χ1) is 11.2. The van der Waals surface area contributed by atoms with Gasteiger partial charge in [-0.3, -0.25) is 25.2 Å². The molecule has 0 fully saturated rings. The lowest BCUT2D eigenvalue weighted by atomic mass is 10.1. The molecule has 1 rings (SSSR count). The van der Waals surface area contributed by atoms with Crippen molar-refractivity contribution in [3.8, 4) is 0 Å². The summed E-state index contributed by atoms with van der Waals surface area (Å²) >= 11 is 0. The summed E-state index contributed by atoms with van der Waals surface area (Å²) in [6.07, 6.45) is -3.23. The quantitative estimate of drug-likeness (QED) is 0.541. The van der Waals surface area contributed by atoms with Gasteiger partial charge in [-0.05, 0) is 24.3 Å². The highest BCUT2D eigenvalue weighted by atomic mass is 19.4. The van der Waals surface area contributed by atoms with E-state index in [4.69, 9.17) is 0 Å². The van der Waals surface area contributed by atoms with Gasteiger partial charge in [0.05, 0.1) is 5.56 Å². The van der Waals surface area contributed by atoms with Crippen LogP contribution in [-0.4, -0.2) is 24.3 Å². The third-order valence-corrected chi connectivity index (χ3v) is 2.81. The van der Waals surface area contributed by atoms with Crippen molar-refractivity contribution in [2.75, 3.05) is 6.54 Å². The van der Waals surface area contributed by atoms with Gasteiger partial charge >= 0.3 is 6.18 Å². The van der Waals surface area contributed by atoms with E-state index in [1.54, 1.807) is 0 Å². The van der Waals surface area contributed by atoms with Crippen LogP contribution in [-0.2, 0) is 15.8 Å². The topological polar surface area (TPSA) is 87.3 Å². The van der Waals surface area contributed by atoms with Gasteiger partial charge in [0.15, 0.2) is 0 Å². The fourth-order valence-corrected chi connectivity index (χ4v) is 1.57. The summed E-state index contributed by atoms with van der Waals surface area (Å²) in [4.78, 5) is 34.4. The number of carbonyl (C=O) groups is 3. The highest BCUT2D eigenvalue weighted by Crippen LogP contribution is 2.28. The summed E-state index contributed by atoms with van der Waals surface area (Å²) in [5.41, 5.74) is 3.20. The van der Waals surface area contributed by atoms with Crippen LogP contribution in [0.15, 0.2) is 36.9 Å². The molecular formula is C15H16F3N3O3. The van der Waals surface area contributed by atoms with Crippen LogP contribution in [0.1, 0.15) is 28.8 Å². The Hall–Kier alpha value is -2.84. The van der Waals surface area contributed by atoms with Crippen LogP contribution in [0.2, 0.25) is 0 Å². The molecule has 0 unspecified atom stereocenters. The monoisotopic (exact) mass is 343 g/mol. The maximum Gasteiger partial charge on any atom is 0.416 e. The van der Waals surface area contributed by atoms with Gasteiger partial charge in [-0.1, -0.05) is 6.08 Å². The fraction of sp³-hybridized carbons (Fsp3) is 0.267. The Kier molecular flexibility index (Phi) is 6.97. The van der Waals surface area contributed by atoms with Crippen LogP contribution in [0.25, 0.3) is 0 Å². The molecule has 3 N–H and O–H groups in total. The van der Waals surface area contributed by atoms with Crippen LogP contribution in [0.3, 0.4) is 0 Å². The molecule has 0 saturated carbocycles. The van der Waals surface area contributed by atoms with Gasteiger partial charge < -0.3 is 5.32 Å². The van der Waals surface area contributed by atoms with E-state index >= 15 is 0 Å². The van der Waals surface area contributed by atoms with Gasteiger partial charge in [0.25, 0.3) is 5.91 Å². The molecule has 0 saturated heterocycles. The number of alkyl halides is 3. The van der Waals surface area contributed by atoms with E-state index < -0.39 is 23.6 Å². The van der Waals surface area contributed by atoms with Crippen molar-refractivity contribution < 1.29 is 27.6 Å². The third-order valence-electron chi connectivity index (χ3n) is 2.81. The van der Waals surface area contributed by atoms with Gasteiger partial charge in [0.1, 0.15) is 0 Å². The predicted molar refractivity (Wildman–Crippen MR) is 79.5 cm³/mol. The Morgan fingerprint density at radius 1 is 1.00 bits per heavy atom. The van der Waals surface area contributed by atoms with Crippen molar-refractivity contribution in [2.45, 2.75) is 19.0 Å². The Bertz CT molecular complexity index is 613. The number of halogens is 3. The smallest absolute Gasteiger partial charge is 0.353 e. The molecule has 1 aromatic rings. The molecule has 0 aromatic heterocycles. The number of rotatable bonds is 6. The first-order valence-corrected chi connectivity index (χ1v) is 6.88. The Balaban J connectivity index is 2.41. The molecule has 0 aliphatic carbocycles. The average molecular weight is 343 g/mol. The molecule has 6 nitrogen and oxygen atoms in total. The maximum absolute atomic E-state index is 12.4. The second-order valence-electron chi connectivity index (χ2n) is 4.67. The van der Waals surface area contributed by atoms with Crippen LogP contribution < -0.4 is 16.2 Å². The van der Waals surface area contributed by atoms with E-state index in [1.807, 2.05) is 0 Å². The molecule has 0 bridgehead atoms. The second kappa shape index (κ2) is 8.70. The van der Waals surface area contributed by atoms with E-state index in [2.05, 4.69) is 22.7 Å². The highest BCUT2D eigenvalue weighted by molar-refractivity contribution is 5.95. The largest absolute Gasteiger partial charge is 0.416 e. The van der Waals surface area contributed by atoms with Gasteiger partial charge in [-0.15, -0.1) is 6.58 Å². The Morgan fingerprint density at radius 2 is 1.58 bits per heavy atom. The Labute approximate surface area is 136 Å². The number of benzene rings is 1. The third kappa shape index (κ3) is 6.51. The maximum atomic E-state index is 12.4. The van der Waals surface area contributed by atoms with Crippen molar-refractivity contribution in [3.63, 3.8) is 0 Å². The van der Waals surface area contributed by atoms with Gasteiger partial charge in [-0.2, -0.15) is 13.2 Å². The number of hydrogen-bond donors (Lipinski definition) is 3. The predicted octanol–water partition coefficient (Wildman–Crippen LogP) is 1.55. The van der Waals surface area contributed by atoms with Gasteiger partial charge in [0.2, 0.25) is 11.8 Å². The number of amides is 3. The molecule has 3 amide bonds. The minimum atomic E-state index is -4.49. The first kappa shape index (κ1) is 19.2. The normalized spacial score (nSPS) is 10.6. The first-order valence-electron chi connectivity index (χ1n) is 6.88. The van der Waals surface area contributed by atoms with E-state index in [1.165, 1.54) is 6.08 Å². The van der Waals surface area contributed by atoms with E-state index in [-0.39, 0.29) is 30.9 Å². The number of nitrogens with one attached hydrogen (secondary N) is 3. The fourth-order valence-electron chi connectivity index (χ4n) is 1.57. The van der Waals surface area contributed by atoms with E-state index in [0.29, 0.717) is 0 Å². The molecule has 24 heavy (non-hydrogen) atoms. The summed E-state index contributed by atoms with van der Waals surface area (Å²) in [6.45, 7) is 3.70. The minimum absolute atomic E-state index is 0.0490. The summed E-state index contributed by atoms with van der Waals surface area (Å²) in [5.74, 6) is -1.73. The second-order valence-corrected chi connectivity index (χ2v) is 4.67. The van der Waals surface area contributed by atoms with Crippen LogP contribution in [0, 0.1) is 0 Å². The highest BCUT2D eigenvalue weighted by Gasteiger charge is 2.30. The summed E-state index contributed by atoms with van der Waals surface area (Å²) in [5, 5.41) is 2.48.